The second kappa shape index (κ2) is 9.38. The van der Waals surface area contributed by atoms with Crippen LogP contribution in [0.3, 0.4) is 0 Å². The maximum absolute atomic E-state index is 12.3. The minimum atomic E-state index is -0.197. The van der Waals surface area contributed by atoms with Gasteiger partial charge in [0.15, 0.2) is 0 Å². The highest BCUT2D eigenvalue weighted by molar-refractivity contribution is 6.35. The standard InChI is InChI=1S/C24H20Cl2N4O/c25-20-7-5-19(21(26)14-20)15-30-12-9-16-6-8-22(29-23(16)30)17-3-1-4-18(13-17)24(31)28-11-2-10-27/h1,3-8,13-14H,2,9,11-12,15H2,(H,28,31). The van der Waals surface area contributed by atoms with Crippen molar-refractivity contribution in [3.05, 3.63) is 81.3 Å². The van der Waals surface area contributed by atoms with Gasteiger partial charge in [0.1, 0.15) is 5.82 Å². The molecule has 0 saturated heterocycles. The Morgan fingerprint density at radius 1 is 1.16 bits per heavy atom. The first-order chi connectivity index (χ1) is 15.0. The molecule has 0 saturated carbocycles. The summed E-state index contributed by atoms with van der Waals surface area (Å²) in [6, 6.07) is 19.0. The van der Waals surface area contributed by atoms with Gasteiger partial charge in [0.2, 0.25) is 0 Å². The van der Waals surface area contributed by atoms with E-state index in [0.29, 0.717) is 28.7 Å². The Labute approximate surface area is 191 Å². The number of nitrogens with zero attached hydrogens (tertiary/aromatic N) is 3. The molecule has 1 N–H and O–H groups in total. The molecule has 7 heteroatoms. The number of nitriles is 1. The summed E-state index contributed by atoms with van der Waals surface area (Å²) in [4.78, 5) is 19.5. The average molecular weight is 451 g/mol. The van der Waals surface area contributed by atoms with Crippen LogP contribution in [0.4, 0.5) is 5.82 Å². The quantitative estimate of drug-likeness (QED) is 0.519. The zero-order valence-corrected chi connectivity index (χ0v) is 18.2. The second-order valence-corrected chi connectivity index (χ2v) is 8.17. The van der Waals surface area contributed by atoms with Gasteiger partial charge in [-0.05, 0) is 47.9 Å². The Hall–Kier alpha value is -3.07. The predicted octanol–water partition coefficient (Wildman–Crippen LogP) is 5.26. The summed E-state index contributed by atoms with van der Waals surface area (Å²) < 4.78 is 0. The molecule has 0 bridgehead atoms. The number of amides is 1. The molecule has 31 heavy (non-hydrogen) atoms. The van der Waals surface area contributed by atoms with Gasteiger partial charge < -0.3 is 10.2 Å². The number of halogens is 2. The first-order valence-corrected chi connectivity index (χ1v) is 10.7. The van der Waals surface area contributed by atoms with Crippen LogP contribution in [0.5, 0.6) is 0 Å². The molecule has 2 aromatic carbocycles. The van der Waals surface area contributed by atoms with Crippen molar-refractivity contribution >= 4 is 34.9 Å². The molecule has 0 fully saturated rings. The zero-order valence-electron chi connectivity index (χ0n) is 16.7. The third-order valence-electron chi connectivity index (χ3n) is 5.23. The summed E-state index contributed by atoms with van der Waals surface area (Å²) >= 11 is 12.4. The lowest BCUT2D eigenvalue weighted by atomic mass is 10.1. The van der Waals surface area contributed by atoms with Gasteiger partial charge >= 0.3 is 0 Å². The van der Waals surface area contributed by atoms with E-state index in [2.05, 4.69) is 16.3 Å². The molecule has 0 unspecified atom stereocenters. The van der Waals surface area contributed by atoms with Crippen molar-refractivity contribution < 1.29 is 4.79 Å². The molecule has 1 aliphatic rings. The van der Waals surface area contributed by atoms with Crippen molar-refractivity contribution in [2.75, 3.05) is 18.0 Å². The van der Waals surface area contributed by atoms with Crippen LogP contribution in [-0.4, -0.2) is 24.0 Å². The monoisotopic (exact) mass is 450 g/mol. The van der Waals surface area contributed by atoms with Crippen molar-refractivity contribution in [2.24, 2.45) is 0 Å². The number of pyridine rings is 1. The van der Waals surface area contributed by atoms with E-state index in [1.54, 1.807) is 12.1 Å². The highest BCUT2D eigenvalue weighted by Crippen LogP contribution is 2.32. The van der Waals surface area contributed by atoms with E-state index in [0.717, 1.165) is 35.6 Å². The summed E-state index contributed by atoms with van der Waals surface area (Å²) in [7, 11) is 0. The second-order valence-electron chi connectivity index (χ2n) is 7.33. The molecular formula is C24H20Cl2N4O. The van der Waals surface area contributed by atoms with Gasteiger partial charge in [-0.3, -0.25) is 4.79 Å². The number of carbonyl (C=O) groups excluding carboxylic acids is 1. The lowest BCUT2D eigenvalue weighted by Crippen LogP contribution is -2.24. The number of nitrogens with one attached hydrogen (secondary N) is 1. The fraction of sp³-hybridized carbons (Fsp3) is 0.208. The lowest BCUT2D eigenvalue weighted by molar-refractivity contribution is 0.0954. The van der Waals surface area contributed by atoms with Crippen LogP contribution in [0.25, 0.3) is 11.3 Å². The molecule has 0 atom stereocenters. The van der Waals surface area contributed by atoms with Gasteiger partial charge in [-0.25, -0.2) is 4.98 Å². The number of anilines is 1. The first kappa shape index (κ1) is 21.2. The molecule has 5 nitrogen and oxygen atoms in total. The molecule has 1 aliphatic heterocycles. The fourth-order valence-corrected chi connectivity index (χ4v) is 4.10. The molecule has 0 radical (unpaired) electrons. The van der Waals surface area contributed by atoms with Crippen LogP contribution in [0.15, 0.2) is 54.6 Å². The van der Waals surface area contributed by atoms with Crippen LogP contribution in [0, 0.1) is 11.3 Å². The third kappa shape index (κ3) is 4.82. The van der Waals surface area contributed by atoms with E-state index in [9.17, 15) is 4.79 Å². The van der Waals surface area contributed by atoms with E-state index in [1.807, 2.05) is 42.5 Å². The van der Waals surface area contributed by atoms with Crippen molar-refractivity contribution in [2.45, 2.75) is 19.4 Å². The molecule has 156 valence electrons. The van der Waals surface area contributed by atoms with Crippen LogP contribution in [0.1, 0.15) is 27.9 Å². The summed E-state index contributed by atoms with van der Waals surface area (Å²) in [6.45, 7) is 1.85. The summed E-state index contributed by atoms with van der Waals surface area (Å²) in [5.74, 6) is 0.740. The van der Waals surface area contributed by atoms with Gasteiger partial charge in [-0.15, -0.1) is 0 Å². The number of fused-ring (bicyclic) bond motifs is 1. The highest BCUT2D eigenvalue weighted by Gasteiger charge is 2.22. The van der Waals surface area contributed by atoms with Gasteiger partial charge in [0.05, 0.1) is 18.2 Å². The summed E-state index contributed by atoms with van der Waals surface area (Å²) in [6.07, 6.45) is 1.21. The molecule has 0 spiro atoms. The number of rotatable bonds is 6. The van der Waals surface area contributed by atoms with Crippen molar-refractivity contribution in [1.82, 2.24) is 10.3 Å². The van der Waals surface area contributed by atoms with E-state index < -0.39 is 0 Å². The molecular weight excluding hydrogens is 431 g/mol. The average Bonchev–Trinajstić information content (AvgIpc) is 3.18. The Morgan fingerprint density at radius 3 is 2.84 bits per heavy atom. The zero-order chi connectivity index (χ0) is 21.8. The van der Waals surface area contributed by atoms with Crippen molar-refractivity contribution in [3.8, 4) is 17.3 Å². The van der Waals surface area contributed by atoms with Gasteiger partial charge in [-0.2, -0.15) is 5.26 Å². The molecule has 1 amide bonds. The van der Waals surface area contributed by atoms with E-state index >= 15 is 0 Å². The number of hydrogen-bond acceptors (Lipinski definition) is 4. The van der Waals surface area contributed by atoms with E-state index in [1.165, 1.54) is 5.56 Å². The molecule has 4 rings (SSSR count). The van der Waals surface area contributed by atoms with E-state index in [-0.39, 0.29) is 12.3 Å². The highest BCUT2D eigenvalue weighted by atomic mass is 35.5. The Balaban J connectivity index is 1.57. The lowest BCUT2D eigenvalue weighted by Gasteiger charge is -2.20. The topological polar surface area (TPSA) is 69.0 Å². The van der Waals surface area contributed by atoms with Crippen LogP contribution < -0.4 is 10.2 Å². The smallest absolute Gasteiger partial charge is 0.251 e. The molecule has 1 aromatic heterocycles. The largest absolute Gasteiger partial charge is 0.352 e. The molecule has 3 aromatic rings. The number of carbonyl (C=O) groups is 1. The first-order valence-electron chi connectivity index (χ1n) is 9.99. The number of hydrogen-bond donors (Lipinski definition) is 1. The summed E-state index contributed by atoms with van der Waals surface area (Å²) in [5, 5.41) is 12.6. The van der Waals surface area contributed by atoms with Crippen LogP contribution in [0.2, 0.25) is 10.0 Å². The van der Waals surface area contributed by atoms with Gasteiger partial charge in [0, 0.05) is 40.8 Å². The number of aromatic nitrogens is 1. The Bertz CT molecular complexity index is 1170. The Kier molecular flexibility index (Phi) is 6.41. The maximum Gasteiger partial charge on any atom is 0.251 e. The molecule has 2 heterocycles. The minimum Gasteiger partial charge on any atom is -0.352 e. The molecule has 0 aliphatic carbocycles. The SMILES string of the molecule is N#CCCNC(=O)c1cccc(-c2ccc3c(n2)N(Cc2ccc(Cl)cc2Cl)CC3)c1. The van der Waals surface area contributed by atoms with Crippen molar-refractivity contribution in [3.63, 3.8) is 0 Å². The van der Waals surface area contributed by atoms with Crippen molar-refractivity contribution in [1.29, 1.82) is 5.26 Å². The minimum absolute atomic E-state index is 0.197. The Morgan fingerprint density at radius 2 is 2.03 bits per heavy atom. The van der Waals surface area contributed by atoms with Gasteiger partial charge in [0.25, 0.3) is 5.91 Å². The van der Waals surface area contributed by atoms with E-state index in [4.69, 9.17) is 33.4 Å². The predicted molar refractivity (Wildman–Crippen MR) is 123 cm³/mol. The maximum atomic E-state index is 12.3. The third-order valence-corrected chi connectivity index (χ3v) is 5.81. The van der Waals surface area contributed by atoms with Crippen LogP contribution >= 0.6 is 23.2 Å². The number of benzene rings is 2. The van der Waals surface area contributed by atoms with Gasteiger partial charge in [-0.1, -0.05) is 47.5 Å². The van der Waals surface area contributed by atoms with Crippen LogP contribution in [-0.2, 0) is 13.0 Å². The summed E-state index contributed by atoms with van der Waals surface area (Å²) in [5.41, 5.74) is 4.41. The normalized spacial score (nSPS) is 12.4. The fourth-order valence-electron chi connectivity index (χ4n) is 3.63.